The van der Waals surface area contributed by atoms with E-state index < -0.39 is 0 Å². The molecule has 1 atom stereocenters. The maximum atomic E-state index is 6.54. The smallest absolute Gasteiger partial charge is 0.124 e. The molecule has 19 heavy (non-hydrogen) atoms. The van der Waals surface area contributed by atoms with Gasteiger partial charge in [0.2, 0.25) is 0 Å². The Labute approximate surface area is 117 Å². The van der Waals surface area contributed by atoms with Crippen LogP contribution in [-0.2, 0) is 0 Å². The minimum Gasteiger partial charge on any atom is -0.494 e. The molecule has 1 fully saturated rings. The molecule has 0 radical (unpaired) electrons. The van der Waals surface area contributed by atoms with E-state index in [1.807, 2.05) is 19.1 Å². The van der Waals surface area contributed by atoms with Crippen molar-refractivity contribution in [2.75, 3.05) is 6.61 Å². The first kappa shape index (κ1) is 14.4. The standard InChI is InChI=1S/C17H27NO/c1-2-19-16-13-9-8-12-15(16)17(18)14-10-6-4-3-5-7-11-14/h8-9,12-14,17H,2-7,10-11,18H2,1H3. The van der Waals surface area contributed by atoms with Crippen LogP contribution in [0.2, 0.25) is 0 Å². The second-order valence-electron chi connectivity index (χ2n) is 5.60. The summed E-state index contributed by atoms with van der Waals surface area (Å²) in [6.45, 7) is 2.73. The van der Waals surface area contributed by atoms with E-state index >= 15 is 0 Å². The Morgan fingerprint density at radius 1 is 1.11 bits per heavy atom. The Kier molecular flexibility index (Phi) is 5.71. The van der Waals surface area contributed by atoms with E-state index in [0.717, 1.165) is 5.75 Å². The van der Waals surface area contributed by atoms with Crippen LogP contribution >= 0.6 is 0 Å². The Balaban J connectivity index is 2.10. The predicted molar refractivity (Wildman–Crippen MR) is 80.3 cm³/mol. The number of ether oxygens (including phenoxy) is 1. The van der Waals surface area contributed by atoms with Gasteiger partial charge in [-0.3, -0.25) is 0 Å². The van der Waals surface area contributed by atoms with E-state index in [4.69, 9.17) is 10.5 Å². The van der Waals surface area contributed by atoms with Gasteiger partial charge in [0.25, 0.3) is 0 Å². The summed E-state index contributed by atoms with van der Waals surface area (Å²) in [7, 11) is 0. The highest BCUT2D eigenvalue weighted by molar-refractivity contribution is 5.36. The summed E-state index contributed by atoms with van der Waals surface area (Å²) in [6, 6.07) is 8.40. The number of hydrogen-bond acceptors (Lipinski definition) is 2. The summed E-state index contributed by atoms with van der Waals surface area (Å²) >= 11 is 0. The number of benzene rings is 1. The van der Waals surface area contributed by atoms with Crippen LogP contribution in [0.25, 0.3) is 0 Å². The minimum absolute atomic E-state index is 0.126. The van der Waals surface area contributed by atoms with E-state index in [0.29, 0.717) is 12.5 Å². The van der Waals surface area contributed by atoms with E-state index in [-0.39, 0.29) is 6.04 Å². The number of rotatable bonds is 4. The molecule has 2 heteroatoms. The number of para-hydroxylation sites is 1. The van der Waals surface area contributed by atoms with Gasteiger partial charge >= 0.3 is 0 Å². The second kappa shape index (κ2) is 7.54. The van der Waals surface area contributed by atoms with Crippen LogP contribution in [0.15, 0.2) is 24.3 Å². The first-order valence-electron chi connectivity index (χ1n) is 7.80. The Morgan fingerprint density at radius 2 is 1.74 bits per heavy atom. The van der Waals surface area contributed by atoms with Crippen molar-refractivity contribution < 1.29 is 4.74 Å². The van der Waals surface area contributed by atoms with Crippen molar-refractivity contribution in [3.05, 3.63) is 29.8 Å². The maximum Gasteiger partial charge on any atom is 0.124 e. The van der Waals surface area contributed by atoms with Crippen molar-refractivity contribution in [2.24, 2.45) is 11.7 Å². The fraction of sp³-hybridized carbons (Fsp3) is 0.647. The molecular formula is C17H27NO. The van der Waals surface area contributed by atoms with Crippen LogP contribution in [0.5, 0.6) is 5.75 Å². The number of nitrogens with two attached hydrogens (primary N) is 1. The van der Waals surface area contributed by atoms with E-state index in [1.165, 1.54) is 50.5 Å². The Morgan fingerprint density at radius 3 is 2.42 bits per heavy atom. The van der Waals surface area contributed by atoms with Gasteiger partial charge in [-0.1, -0.05) is 50.3 Å². The third kappa shape index (κ3) is 3.97. The van der Waals surface area contributed by atoms with Crippen LogP contribution < -0.4 is 10.5 Å². The maximum absolute atomic E-state index is 6.54. The molecule has 1 unspecified atom stereocenters. The molecule has 106 valence electrons. The quantitative estimate of drug-likeness (QED) is 0.869. The lowest BCUT2D eigenvalue weighted by molar-refractivity contribution is 0.304. The molecule has 0 heterocycles. The molecule has 1 aliphatic carbocycles. The molecule has 0 saturated heterocycles. The van der Waals surface area contributed by atoms with Crippen molar-refractivity contribution >= 4 is 0 Å². The highest BCUT2D eigenvalue weighted by Gasteiger charge is 2.22. The van der Waals surface area contributed by atoms with Gasteiger partial charge < -0.3 is 10.5 Å². The molecule has 0 spiro atoms. The number of hydrogen-bond donors (Lipinski definition) is 1. The van der Waals surface area contributed by atoms with Gasteiger partial charge in [-0.15, -0.1) is 0 Å². The highest BCUT2D eigenvalue weighted by Crippen LogP contribution is 2.35. The minimum atomic E-state index is 0.126. The third-order valence-corrected chi connectivity index (χ3v) is 4.24. The zero-order valence-electron chi connectivity index (χ0n) is 12.1. The van der Waals surface area contributed by atoms with Crippen LogP contribution in [0.3, 0.4) is 0 Å². The fourth-order valence-corrected chi connectivity index (χ4v) is 3.14. The van der Waals surface area contributed by atoms with Gasteiger partial charge in [0, 0.05) is 11.6 Å². The molecule has 2 nitrogen and oxygen atoms in total. The monoisotopic (exact) mass is 261 g/mol. The average Bonchev–Trinajstić information content (AvgIpc) is 2.39. The molecule has 1 aromatic carbocycles. The first-order chi connectivity index (χ1) is 9.33. The first-order valence-corrected chi connectivity index (χ1v) is 7.80. The normalized spacial score (nSPS) is 19.5. The average molecular weight is 261 g/mol. The third-order valence-electron chi connectivity index (χ3n) is 4.24. The van der Waals surface area contributed by atoms with Crippen molar-refractivity contribution in [3.8, 4) is 5.75 Å². The predicted octanol–water partition coefficient (Wildman–Crippen LogP) is 4.45. The van der Waals surface area contributed by atoms with Gasteiger partial charge in [-0.25, -0.2) is 0 Å². The van der Waals surface area contributed by atoms with E-state index in [2.05, 4.69) is 12.1 Å². The molecule has 0 amide bonds. The van der Waals surface area contributed by atoms with E-state index in [9.17, 15) is 0 Å². The van der Waals surface area contributed by atoms with Crippen molar-refractivity contribution in [1.29, 1.82) is 0 Å². The van der Waals surface area contributed by atoms with Crippen LogP contribution in [-0.4, -0.2) is 6.61 Å². The van der Waals surface area contributed by atoms with Crippen LogP contribution in [0.4, 0.5) is 0 Å². The molecular weight excluding hydrogens is 234 g/mol. The Hall–Kier alpha value is -1.02. The van der Waals surface area contributed by atoms with Crippen molar-refractivity contribution in [1.82, 2.24) is 0 Å². The van der Waals surface area contributed by atoms with Gasteiger partial charge in [0.1, 0.15) is 5.75 Å². The lowest BCUT2D eigenvalue weighted by Crippen LogP contribution is -2.23. The fourth-order valence-electron chi connectivity index (χ4n) is 3.14. The topological polar surface area (TPSA) is 35.2 Å². The SMILES string of the molecule is CCOc1ccccc1C(N)C1CCCCCCC1. The van der Waals surface area contributed by atoms with Gasteiger partial charge in [-0.2, -0.15) is 0 Å². The molecule has 1 saturated carbocycles. The molecule has 2 N–H and O–H groups in total. The van der Waals surface area contributed by atoms with E-state index in [1.54, 1.807) is 0 Å². The second-order valence-corrected chi connectivity index (χ2v) is 5.60. The summed E-state index contributed by atoms with van der Waals surface area (Å²) in [5, 5.41) is 0. The lowest BCUT2D eigenvalue weighted by Gasteiger charge is -2.27. The van der Waals surface area contributed by atoms with Crippen molar-refractivity contribution in [3.63, 3.8) is 0 Å². The molecule has 0 aliphatic heterocycles. The van der Waals surface area contributed by atoms with Crippen molar-refractivity contribution in [2.45, 2.75) is 57.9 Å². The molecule has 0 bridgehead atoms. The molecule has 1 aliphatic rings. The molecule has 0 aromatic heterocycles. The largest absolute Gasteiger partial charge is 0.494 e. The Bertz CT molecular complexity index is 369. The molecule has 1 aromatic rings. The summed E-state index contributed by atoms with van der Waals surface area (Å²) in [5.41, 5.74) is 7.73. The highest BCUT2D eigenvalue weighted by atomic mass is 16.5. The van der Waals surface area contributed by atoms with Gasteiger partial charge in [-0.05, 0) is 31.7 Å². The summed E-state index contributed by atoms with van der Waals surface area (Å²) in [5.74, 6) is 1.58. The zero-order chi connectivity index (χ0) is 13.5. The summed E-state index contributed by atoms with van der Waals surface area (Å²) in [4.78, 5) is 0. The summed E-state index contributed by atoms with van der Waals surface area (Å²) < 4.78 is 5.72. The molecule has 2 rings (SSSR count). The summed E-state index contributed by atoms with van der Waals surface area (Å²) in [6.07, 6.45) is 9.33. The lowest BCUT2D eigenvalue weighted by atomic mass is 9.83. The van der Waals surface area contributed by atoms with Gasteiger partial charge in [0.15, 0.2) is 0 Å². The zero-order valence-corrected chi connectivity index (χ0v) is 12.1. The van der Waals surface area contributed by atoms with Crippen LogP contribution in [0.1, 0.15) is 63.5 Å². The van der Waals surface area contributed by atoms with Gasteiger partial charge in [0.05, 0.1) is 6.61 Å². The van der Waals surface area contributed by atoms with Crippen LogP contribution in [0, 0.1) is 5.92 Å².